The highest BCUT2D eigenvalue weighted by atomic mass is 16.5. The van der Waals surface area contributed by atoms with Crippen LogP contribution in [0.3, 0.4) is 0 Å². The molecule has 0 fully saturated rings. The fourth-order valence-corrected chi connectivity index (χ4v) is 3.03. The number of hydrogen-bond donors (Lipinski definition) is 1. The average molecular weight is 306 g/mol. The predicted octanol–water partition coefficient (Wildman–Crippen LogP) is 3.47. The predicted molar refractivity (Wildman–Crippen MR) is 90.3 cm³/mol. The summed E-state index contributed by atoms with van der Waals surface area (Å²) in [6.07, 6.45) is 0. The van der Waals surface area contributed by atoms with Gasteiger partial charge in [-0.25, -0.2) is 0 Å². The minimum absolute atomic E-state index is 0.262. The summed E-state index contributed by atoms with van der Waals surface area (Å²) in [5.41, 5.74) is 3.10. The zero-order valence-corrected chi connectivity index (χ0v) is 13.2. The molecule has 0 saturated heterocycles. The van der Waals surface area contributed by atoms with Crippen molar-refractivity contribution in [1.82, 2.24) is 14.8 Å². The number of nitrogens with one attached hydrogen (secondary N) is 1. The first-order valence-electron chi connectivity index (χ1n) is 7.71. The van der Waals surface area contributed by atoms with E-state index in [2.05, 4.69) is 39.1 Å². The summed E-state index contributed by atoms with van der Waals surface area (Å²) in [5.74, 6) is 2.83. The van der Waals surface area contributed by atoms with Gasteiger partial charge in [-0.15, -0.1) is 10.2 Å². The molecular weight excluding hydrogens is 288 g/mol. The summed E-state index contributed by atoms with van der Waals surface area (Å²) >= 11 is 0. The van der Waals surface area contributed by atoms with Gasteiger partial charge in [0.05, 0.1) is 24.0 Å². The Kier molecular flexibility index (Phi) is 3.26. The quantitative estimate of drug-likeness (QED) is 0.787. The molecule has 0 bridgehead atoms. The zero-order chi connectivity index (χ0) is 15.8. The second-order valence-electron chi connectivity index (χ2n) is 5.72. The second-order valence-corrected chi connectivity index (χ2v) is 5.72. The number of para-hydroxylation sites is 3. The number of ether oxygens (including phenoxy) is 1. The molecule has 0 radical (unpaired) electrons. The minimum atomic E-state index is 0.262. The van der Waals surface area contributed by atoms with E-state index in [4.69, 9.17) is 4.74 Å². The van der Waals surface area contributed by atoms with Crippen LogP contribution in [0.2, 0.25) is 0 Å². The lowest BCUT2D eigenvalue weighted by Crippen LogP contribution is -2.09. The molecule has 116 valence electrons. The van der Waals surface area contributed by atoms with Crippen molar-refractivity contribution in [3.05, 3.63) is 54.4 Å². The molecule has 5 heteroatoms. The molecule has 3 aromatic rings. The fourth-order valence-electron chi connectivity index (χ4n) is 3.03. The molecule has 1 aromatic heterocycles. The lowest BCUT2D eigenvalue weighted by atomic mass is 10.1. The Labute approximate surface area is 134 Å². The van der Waals surface area contributed by atoms with Gasteiger partial charge in [-0.05, 0) is 24.3 Å². The maximum Gasteiger partial charge on any atom is 0.172 e. The molecule has 1 aliphatic rings. The van der Waals surface area contributed by atoms with E-state index in [9.17, 15) is 0 Å². The number of aromatic nitrogens is 3. The van der Waals surface area contributed by atoms with E-state index in [0.29, 0.717) is 0 Å². The van der Waals surface area contributed by atoms with Crippen molar-refractivity contribution in [1.29, 1.82) is 0 Å². The Bertz CT molecular complexity index is 856. The second kappa shape index (κ2) is 5.43. The van der Waals surface area contributed by atoms with Gasteiger partial charge >= 0.3 is 0 Å². The molecule has 2 aromatic carbocycles. The van der Waals surface area contributed by atoms with Crippen LogP contribution in [0.15, 0.2) is 48.5 Å². The molecule has 4 rings (SSSR count). The summed E-state index contributed by atoms with van der Waals surface area (Å²) in [6.45, 7) is 2.99. The summed E-state index contributed by atoms with van der Waals surface area (Å²) < 4.78 is 7.65. The molecule has 23 heavy (non-hydrogen) atoms. The smallest absolute Gasteiger partial charge is 0.172 e. The van der Waals surface area contributed by atoms with E-state index < -0.39 is 0 Å². The van der Waals surface area contributed by atoms with E-state index in [1.807, 2.05) is 36.4 Å². The molecule has 0 unspecified atom stereocenters. The largest absolute Gasteiger partial charge is 0.496 e. The number of rotatable bonds is 2. The molecule has 0 spiro atoms. The van der Waals surface area contributed by atoms with E-state index in [1.54, 1.807) is 7.11 Å². The lowest BCUT2D eigenvalue weighted by molar-refractivity contribution is 0.416. The summed E-state index contributed by atoms with van der Waals surface area (Å²) in [6, 6.07) is 16.2. The van der Waals surface area contributed by atoms with Gasteiger partial charge in [0.2, 0.25) is 0 Å². The van der Waals surface area contributed by atoms with E-state index in [-0.39, 0.29) is 5.92 Å². The molecule has 0 aliphatic carbocycles. The first-order chi connectivity index (χ1) is 11.3. The molecule has 1 N–H and O–H groups in total. The number of anilines is 1. The molecule has 0 saturated carbocycles. The van der Waals surface area contributed by atoms with Gasteiger partial charge in [0.1, 0.15) is 11.6 Å². The number of hydrogen-bond acceptors (Lipinski definition) is 4. The van der Waals surface area contributed by atoms with Gasteiger partial charge in [-0.2, -0.15) is 0 Å². The summed E-state index contributed by atoms with van der Waals surface area (Å²) in [7, 11) is 1.68. The molecule has 2 heterocycles. The fraction of sp³-hybridized carbons (Fsp3) is 0.222. The van der Waals surface area contributed by atoms with Crippen LogP contribution in [0.25, 0.3) is 17.1 Å². The van der Waals surface area contributed by atoms with Crippen molar-refractivity contribution < 1.29 is 4.74 Å². The van der Waals surface area contributed by atoms with Gasteiger partial charge in [-0.1, -0.05) is 31.2 Å². The van der Waals surface area contributed by atoms with Crippen LogP contribution < -0.4 is 10.1 Å². The standard InChI is InChI=1S/C18H18N4O/c1-12-11-19-14-8-4-5-9-15(14)22-17(12)20-21-18(22)13-7-3-6-10-16(13)23-2/h3-10,12,19H,11H2,1-2H3/t12-/m1/s1. The monoisotopic (exact) mass is 306 g/mol. The van der Waals surface area contributed by atoms with Gasteiger partial charge in [0.25, 0.3) is 0 Å². The summed E-state index contributed by atoms with van der Waals surface area (Å²) in [5, 5.41) is 12.4. The molecule has 1 aliphatic heterocycles. The zero-order valence-electron chi connectivity index (χ0n) is 13.2. The van der Waals surface area contributed by atoms with E-state index in [1.165, 1.54) is 0 Å². The third-order valence-electron chi connectivity index (χ3n) is 4.22. The minimum Gasteiger partial charge on any atom is -0.496 e. The lowest BCUT2D eigenvalue weighted by Gasteiger charge is -2.13. The molecule has 0 amide bonds. The van der Waals surface area contributed by atoms with Crippen LogP contribution in [0.4, 0.5) is 5.69 Å². The van der Waals surface area contributed by atoms with Crippen molar-refractivity contribution in [2.24, 2.45) is 0 Å². The van der Waals surface area contributed by atoms with Gasteiger partial charge in [0, 0.05) is 12.5 Å². The van der Waals surface area contributed by atoms with Crippen LogP contribution in [-0.4, -0.2) is 28.4 Å². The maximum absolute atomic E-state index is 5.51. The first kappa shape index (κ1) is 13.8. The van der Waals surface area contributed by atoms with E-state index >= 15 is 0 Å². The van der Waals surface area contributed by atoms with E-state index in [0.717, 1.165) is 40.9 Å². The number of fused-ring (bicyclic) bond motifs is 3. The highest BCUT2D eigenvalue weighted by Gasteiger charge is 2.25. The van der Waals surface area contributed by atoms with Crippen molar-refractivity contribution in [2.45, 2.75) is 12.8 Å². The topological polar surface area (TPSA) is 52.0 Å². The van der Waals surface area contributed by atoms with Crippen molar-refractivity contribution in [2.75, 3.05) is 19.0 Å². The average Bonchev–Trinajstić information content (AvgIpc) is 2.99. The van der Waals surface area contributed by atoms with Crippen molar-refractivity contribution >= 4 is 5.69 Å². The summed E-state index contributed by atoms with van der Waals surface area (Å²) in [4.78, 5) is 0. The Morgan fingerprint density at radius 2 is 1.87 bits per heavy atom. The third-order valence-corrected chi connectivity index (χ3v) is 4.22. The first-order valence-corrected chi connectivity index (χ1v) is 7.71. The number of benzene rings is 2. The maximum atomic E-state index is 5.51. The van der Waals surface area contributed by atoms with Crippen LogP contribution in [0, 0.1) is 0 Å². The highest BCUT2D eigenvalue weighted by Crippen LogP contribution is 2.36. The van der Waals surface area contributed by atoms with Gasteiger partial charge < -0.3 is 10.1 Å². The highest BCUT2D eigenvalue weighted by molar-refractivity contribution is 5.71. The molecule has 5 nitrogen and oxygen atoms in total. The Morgan fingerprint density at radius 1 is 1.09 bits per heavy atom. The van der Waals surface area contributed by atoms with Crippen LogP contribution in [-0.2, 0) is 0 Å². The van der Waals surface area contributed by atoms with Crippen molar-refractivity contribution in [3.8, 4) is 22.8 Å². The van der Waals surface area contributed by atoms with Crippen LogP contribution in [0.1, 0.15) is 18.7 Å². The Morgan fingerprint density at radius 3 is 2.74 bits per heavy atom. The Balaban J connectivity index is 2.00. The third kappa shape index (κ3) is 2.16. The Hall–Kier alpha value is -2.82. The van der Waals surface area contributed by atoms with Crippen LogP contribution >= 0.6 is 0 Å². The van der Waals surface area contributed by atoms with Crippen LogP contribution in [0.5, 0.6) is 5.75 Å². The number of nitrogens with zero attached hydrogens (tertiary/aromatic N) is 3. The van der Waals surface area contributed by atoms with Gasteiger partial charge in [0.15, 0.2) is 5.82 Å². The SMILES string of the molecule is COc1ccccc1-c1nnc2n1-c1ccccc1NC[C@H]2C. The normalized spacial score (nSPS) is 16.0. The molecular formula is C18H18N4O. The molecule has 1 atom stereocenters. The van der Waals surface area contributed by atoms with Crippen molar-refractivity contribution in [3.63, 3.8) is 0 Å². The number of methoxy groups -OCH3 is 1. The van der Waals surface area contributed by atoms with Gasteiger partial charge in [-0.3, -0.25) is 4.57 Å².